The van der Waals surface area contributed by atoms with Gasteiger partial charge in [0.2, 0.25) is 0 Å². The van der Waals surface area contributed by atoms with E-state index >= 15 is 0 Å². The smallest absolute Gasteiger partial charge is 0.307 e. The normalized spacial score (nSPS) is 11.1. The van der Waals surface area contributed by atoms with Gasteiger partial charge in [-0.05, 0) is 52.2 Å². The molecule has 1 N–H and O–H groups in total. The Labute approximate surface area is 183 Å². The maximum atomic E-state index is 12.4. The molecule has 7 nitrogen and oxygen atoms in total. The quantitative estimate of drug-likeness (QED) is 0.263. The number of benzene rings is 2. The number of hydrogen-bond donors (Lipinski definition) is 1. The minimum absolute atomic E-state index is 0.144. The Bertz CT molecular complexity index is 1060. The largest absolute Gasteiger partial charge is 0.493 e. The molecule has 0 unspecified atom stereocenters. The molecule has 0 aliphatic rings. The Morgan fingerprint density at radius 3 is 2.73 bits per heavy atom. The second-order valence-corrected chi connectivity index (χ2v) is 7.28. The van der Waals surface area contributed by atoms with E-state index in [4.69, 9.17) is 18.6 Å². The standard InChI is InChI=1S/C22H23BrN2O5/c1-4-5-9-29-21-16(23)10-14(11-18(21)28-3)13-24-25-22(26)19-12-15-7-6-8-17(27-2)20(15)30-19/h6-8,10-13H,4-5,9H2,1-3H3,(H,25,26)/b24-13-. The first-order chi connectivity index (χ1) is 14.6. The fraction of sp³-hybridized carbons (Fsp3) is 0.273. The second kappa shape index (κ2) is 10.2. The van der Waals surface area contributed by atoms with Crippen molar-refractivity contribution in [1.82, 2.24) is 5.43 Å². The summed E-state index contributed by atoms with van der Waals surface area (Å²) in [5.41, 5.74) is 3.71. The molecule has 8 heteroatoms. The van der Waals surface area contributed by atoms with Crippen molar-refractivity contribution >= 4 is 39.0 Å². The van der Waals surface area contributed by atoms with E-state index in [1.54, 1.807) is 32.4 Å². The number of carbonyl (C=O) groups excluding carboxylic acids is 1. The highest BCUT2D eigenvalue weighted by atomic mass is 79.9. The van der Waals surface area contributed by atoms with Crippen molar-refractivity contribution in [1.29, 1.82) is 0 Å². The van der Waals surface area contributed by atoms with E-state index < -0.39 is 5.91 Å². The molecule has 1 amide bonds. The molecule has 0 spiro atoms. The van der Waals surface area contributed by atoms with Gasteiger partial charge in [0.15, 0.2) is 28.6 Å². The van der Waals surface area contributed by atoms with Crippen molar-refractivity contribution < 1.29 is 23.4 Å². The highest BCUT2D eigenvalue weighted by Crippen LogP contribution is 2.36. The molecule has 0 aliphatic heterocycles. The number of para-hydroxylation sites is 1. The minimum Gasteiger partial charge on any atom is -0.493 e. The molecule has 0 bridgehead atoms. The number of carbonyl (C=O) groups is 1. The van der Waals surface area contributed by atoms with Gasteiger partial charge in [-0.3, -0.25) is 4.79 Å². The monoisotopic (exact) mass is 474 g/mol. The van der Waals surface area contributed by atoms with Gasteiger partial charge in [0.25, 0.3) is 0 Å². The van der Waals surface area contributed by atoms with Crippen LogP contribution in [-0.2, 0) is 0 Å². The Hall–Kier alpha value is -3.00. The number of furan rings is 1. The van der Waals surface area contributed by atoms with Crippen molar-refractivity contribution in [3.8, 4) is 17.2 Å². The fourth-order valence-corrected chi connectivity index (χ4v) is 3.38. The lowest BCUT2D eigenvalue weighted by atomic mass is 10.2. The number of rotatable bonds is 9. The third kappa shape index (κ3) is 4.94. The summed E-state index contributed by atoms with van der Waals surface area (Å²) >= 11 is 3.50. The molecule has 1 heterocycles. The van der Waals surface area contributed by atoms with Crippen LogP contribution < -0.4 is 19.6 Å². The summed E-state index contributed by atoms with van der Waals surface area (Å²) in [4.78, 5) is 12.4. The lowest BCUT2D eigenvalue weighted by Gasteiger charge is -2.13. The lowest BCUT2D eigenvalue weighted by molar-refractivity contribution is 0.0929. The number of halogens is 1. The molecule has 0 saturated carbocycles. The van der Waals surface area contributed by atoms with Crippen LogP contribution in [0.25, 0.3) is 11.0 Å². The van der Waals surface area contributed by atoms with E-state index in [1.165, 1.54) is 6.21 Å². The molecule has 30 heavy (non-hydrogen) atoms. The SMILES string of the molecule is CCCCOc1c(Br)cc(/C=N\NC(=O)c2cc3cccc(OC)c3o2)cc1OC. The van der Waals surface area contributed by atoms with Crippen LogP contribution in [0.15, 0.2) is 50.4 Å². The van der Waals surface area contributed by atoms with Crippen LogP contribution in [0.5, 0.6) is 17.2 Å². The molecule has 3 aromatic rings. The van der Waals surface area contributed by atoms with Gasteiger partial charge in [-0.15, -0.1) is 0 Å². The zero-order valence-corrected chi connectivity index (χ0v) is 18.6. The predicted molar refractivity (Wildman–Crippen MR) is 119 cm³/mol. The number of nitrogens with one attached hydrogen (secondary N) is 1. The molecule has 2 aromatic carbocycles. The topological polar surface area (TPSA) is 82.3 Å². The Balaban J connectivity index is 1.71. The van der Waals surface area contributed by atoms with Crippen LogP contribution in [0.1, 0.15) is 35.9 Å². The Kier molecular flexibility index (Phi) is 7.35. The average molecular weight is 475 g/mol. The number of hydrogen-bond acceptors (Lipinski definition) is 6. The molecule has 1 aromatic heterocycles. The van der Waals surface area contributed by atoms with Crippen molar-refractivity contribution in [3.05, 3.63) is 52.2 Å². The summed E-state index contributed by atoms with van der Waals surface area (Å²) in [6.45, 7) is 2.71. The second-order valence-electron chi connectivity index (χ2n) is 6.42. The fourth-order valence-electron chi connectivity index (χ4n) is 2.80. The molecular weight excluding hydrogens is 452 g/mol. The van der Waals surface area contributed by atoms with Crippen molar-refractivity contribution in [3.63, 3.8) is 0 Å². The molecular formula is C22H23BrN2O5. The maximum absolute atomic E-state index is 12.4. The maximum Gasteiger partial charge on any atom is 0.307 e. The van der Waals surface area contributed by atoms with E-state index in [-0.39, 0.29) is 5.76 Å². The van der Waals surface area contributed by atoms with E-state index in [1.807, 2.05) is 18.2 Å². The summed E-state index contributed by atoms with van der Waals surface area (Å²) in [6.07, 6.45) is 3.52. The van der Waals surface area contributed by atoms with Gasteiger partial charge in [0, 0.05) is 5.39 Å². The molecule has 3 rings (SSSR count). The molecule has 158 valence electrons. The summed E-state index contributed by atoms with van der Waals surface area (Å²) in [5.74, 6) is 1.47. The minimum atomic E-state index is -0.463. The number of fused-ring (bicyclic) bond motifs is 1. The number of nitrogens with zero attached hydrogens (tertiary/aromatic N) is 1. The summed E-state index contributed by atoms with van der Waals surface area (Å²) < 4.78 is 22.8. The molecule has 0 aliphatic carbocycles. The van der Waals surface area contributed by atoms with E-state index in [2.05, 4.69) is 33.4 Å². The van der Waals surface area contributed by atoms with Gasteiger partial charge in [-0.2, -0.15) is 5.10 Å². The third-order valence-corrected chi connectivity index (χ3v) is 4.92. The van der Waals surface area contributed by atoms with Crippen LogP contribution in [0.4, 0.5) is 0 Å². The zero-order chi connectivity index (χ0) is 21.5. The lowest BCUT2D eigenvalue weighted by Crippen LogP contribution is -2.16. The first kappa shape index (κ1) is 21.7. The zero-order valence-electron chi connectivity index (χ0n) is 17.0. The highest BCUT2D eigenvalue weighted by molar-refractivity contribution is 9.10. The van der Waals surface area contributed by atoms with Gasteiger partial charge < -0.3 is 18.6 Å². The average Bonchev–Trinajstić information content (AvgIpc) is 3.19. The van der Waals surface area contributed by atoms with Gasteiger partial charge in [-0.25, -0.2) is 5.43 Å². The first-order valence-corrected chi connectivity index (χ1v) is 10.3. The van der Waals surface area contributed by atoms with Gasteiger partial charge in [-0.1, -0.05) is 25.5 Å². The predicted octanol–water partition coefficient (Wildman–Crippen LogP) is 5.16. The van der Waals surface area contributed by atoms with Gasteiger partial charge in [0.1, 0.15) is 0 Å². The molecule has 0 saturated heterocycles. The molecule has 0 atom stereocenters. The van der Waals surface area contributed by atoms with Crippen LogP contribution in [0.3, 0.4) is 0 Å². The van der Waals surface area contributed by atoms with E-state index in [9.17, 15) is 4.79 Å². The van der Waals surface area contributed by atoms with Crippen molar-refractivity contribution in [2.45, 2.75) is 19.8 Å². The highest BCUT2D eigenvalue weighted by Gasteiger charge is 2.15. The first-order valence-electron chi connectivity index (χ1n) is 9.47. The molecule has 0 fully saturated rings. The van der Waals surface area contributed by atoms with Gasteiger partial charge >= 0.3 is 5.91 Å². The number of amides is 1. The van der Waals surface area contributed by atoms with Crippen LogP contribution in [0.2, 0.25) is 0 Å². The van der Waals surface area contributed by atoms with Crippen molar-refractivity contribution in [2.75, 3.05) is 20.8 Å². The third-order valence-electron chi connectivity index (χ3n) is 4.33. The van der Waals surface area contributed by atoms with Gasteiger partial charge in [0.05, 0.1) is 31.5 Å². The van der Waals surface area contributed by atoms with E-state index in [0.717, 1.165) is 28.3 Å². The van der Waals surface area contributed by atoms with Crippen molar-refractivity contribution in [2.24, 2.45) is 5.10 Å². The number of hydrazone groups is 1. The number of ether oxygens (including phenoxy) is 3. The van der Waals surface area contributed by atoms with Crippen LogP contribution in [-0.4, -0.2) is 32.9 Å². The summed E-state index contributed by atoms with van der Waals surface area (Å²) in [5, 5.41) is 4.79. The summed E-state index contributed by atoms with van der Waals surface area (Å²) in [6, 6.07) is 10.7. The number of unbranched alkanes of at least 4 members (excludes halogenated alkanes) is 1. The molecule has 0 radical (unpaired) electrons. The Morgan fingerprint density at radius 2 is 2.00 bits per heavy atom. The van der Waals surface area contributed by atoms with Crippen LogP contribution in [0, 0.1) is 0 Å². The number of methoxy groups -OCH3 is 2. The Morgan fingerprint density at radius 1 is 1.20 bits per heavy atom. The van der Waals surface area contributed by atoms with E-state index in [0.29, 0.717) is 29.4 Å². The summed E-state index contributed by atoms with van der Waals surface area (Å²) in [7, 11) is 3.13. The van der Waals surface area contributed by atoms with Crippen LogP contribution >= 0.6 is 15.9 Å².